The lowest BCUT2D eigenvalue weighted by molar-refractivity contribution is -0.171. The molecule has 1 aromatic carbocycles. The van der Waals surface area contributed by atoms with E-state index in [9.17, 15) is 9.90 Å². The van der Waals surface area contributed by atoms with Gasteiger partial charge in [-0.25, -0.2) is 0 Å². The summed E-state index contributed by atoms with van der Waals surface area (Å²) >= 11 is 0. The number of likely N-dealkylation sites (tertiary alicyclic amines) is 1. The quantitative estimate of drug-likeness (QED) is 0.922. The van der Waals surface area contributed by atoms with E-state index in [0.717, 1.165) is 25.4 Å². The molecule has 2 saturated carbocycles. The van der Waals surface area contributed by atoms with Crippen molar-refractivity contribution in [3.05, 3.63) is 30.0 Å². The third-order valence-electron chi connectivity index (χ3n) is 6.88. The molecule has 1 spiro atoms. The summed E-state index contributed by atoms with van der Waals surface area (Å²) in [4.78, 5) is 14.5. The molecule has 2 aliphatic carbocycles. The molecule has 2 heterocycles. The lowest BCUT2D eigenvalue weighted by atomic mass is 9.56. The summed E-state index contributed by atoms with van der Waals surface area (Å²) in [6.45, 7) is 3.68. The summed E-state index contributed by atoms with van der Waals surface area (Å²) in [7, 11) is 2.02. The number of rotatable bonds is 3. The topological polar surface area (TPSA) is 58.4 Å². The highest BCUT2D eigenvalue weighted by atomic mass is 16.3. The first-order valence-corrected chi connectivity index (χ1v) is 9.75. The fraction of sp³-hybridized carbons (Fsp3) is 0.619. The second-order valence-corrected chi connectivity index (χ2v) is 9.40. The summed E-state index contributed by atoms with van der Waals surface area (Å²) in [6, 6.07) is 6.49. The molecule has 1 N–H and O–H groups in total. The summed E-state index contributed by atoms with van der Waals surface area (Å²) in [5.41, 5.74) is 2.42. The molecule has 5 rings (SSSR count). The number of hydrogen-bond donors (Lipinski definition) is 1. The van der Waals surface area contributed by atoms with Crippen molar-refractivity contribution in [3.63, 3.8) is 0 Å². The number of aromatic nitrogens is 2. The van der Waals surface area contributed by atoms with E-state index in [1.54, 1.807) is 0 Å². The van der Waals surface area contributed by atoms with Crippen molar-refractivity contribution in [2.75, 3.05) is 13.1 Å². The van der Waals surface area contributed by atoms with Crippen LogP contribution in [0.1, 0.15) is 38.2 Å². The molecule has 0 atom stereocenters. The Bertz CT molecular complexity index is 863. The van der Waals surface area contributed by atoms with Gasteiger partial charge >= 0.3 is 0 Å². The van der Waals surface area contributed by atoms with Crippen molar-refractivity contribution >= 4 is 16.8 Å². The van der Waals surface area contributed by atoms with Crippen LogP contribution in [-0.2, 0) is 18.3 Å². The van der Waals surface area contributed by atoms with Crippen LogP contribution in [-0.4, -0.2) is 44.4 Å². The standard InChI is InChI=1S/C21H27N3O2/c1-20(26)9-17(10-20)19(25)24-12-21(13-24)7-14(8-21)6-15-4-3-5-16-11-22-23(2)18(15)16/h3-5,11,14,17,26H,6-10,12-13H2,1-2H3. The van der Waals surface area contributed by atoms with Gasteiger partial charge in [-0.3, -0.25) is 9.48 Å². The maximum absolute atomic E-state index is 12.5. The fourth-order valence-electron chi connectivity index (χ4n) is 5.71. The van der Waals surface area contributed by atoms with Gasteiger partial charge in [-0.2, -0.15) is 5.10 Å². The van der Waals surface area contributed by atoms with Gasteiger partial charge in [0.05, 0.1) is 17.3 Å². The largest absolute Gasteiger partial charge is 0.390 e. The number of carbonyl (C=O) groups is 1. The molecule has 1 saturated heterocycles. The van der Waals surface area contributed by atoms with Gasteiger partial charge in [0.25, 0.3) is 0 Å². The average Bonchev–Trinajstić information content (AvgIpc) is 2.87. The average molecular weight is 353 g/mol. The number of fused-ring (bicyclic) bond motifs is 1. The monoisotopic (exact) mass is 353 g/mol. The molecule has 1 aliphatic heterocycles. The Morgan fingerprint density at radius 1 is 1.27 bits per heavy atom. The summed E-state index contributed by atoms with van der Waals surface area (Å²) < 4.78 is 1.98. The SMILES string of the molecule is Cn1ncc2cccc(CC3CC4(C3)CN(C(=O)C3CC(C)(O)C3)C4)c21. The van der Waals surface area contributed by atoms with Crippen LogP contribution in [0.5, 0.6) is 0 Å². The lowest BCUT2D eigenvalue weighted by Gasteiger charge is -2.60. The van der Waals surface area contributed by atoms with Crippen molar-refractivity contribution in [2.45, 2.75) is 44.6 Å². The zero-order chi connectivity index (χ0) is 18.1. The van der Waals surface area contributed by atoms with Crippen molar-refractivity contribution < 1.29 is 9.90 Å². The predicted molar refractivity (Wildman–Crippen MR) is 99.5 cm³/mol. The van der Waals surface area contributed by atoms with Gasteiger partial charge in [0.2, 0.25) is 5.91 Å². The minimum Gasteiger partial charge on any atom is -0.390 e. The highest BCUT2D eigenvalue weighted by Gasteiger charge is 2.55. The summed E-state index contributed by atoms with van der Waals surface area (Å²) in [5.74, 6) is 1.04. The molecular weight excluding hydrogens is 326 g/mol. The molecule has 5 heteroatoms. The van der Waals surface area contributed by atoms with Gasteiger partial charge in [0.15, 0.2) is 0 Å². The molecular formula is C21H27N3O2. The number of hydrogen-bond acceptors (Lipinski definition) is 3. The molecule has 138 valence electrons. The van der Waals surface area contributed by atoms with Crippen molar-refractivity contribution in [3.8, 4) is 0 Å². The number of aryl methyl sites for hydroxylation is 1. The van der Waals surface area contributed by atoms with Crippen molar-refractivity contribution in [1.29, 1.82) is 0 Å². The highest BCUT2D eigenvalue weighted by molar-refractivity contribution is 5.82. The van der Waals surface area contributed by atoms with E-state index in [2.05, 4.69) is 23.3 Å². The van der Waals surface area contributed by atoms with Crippen LogP contribution in [0.25, 0.3) is 10.9 Å². The number of aliphatic hydroxyl groups is 1. The Labute approximate surface area is 154 Å². The maximum atomic E-state index is 12.5. The van der Waals surface area contributed by atoms with Gasteiger partial charge in [0, 0.05) is 36.9 Å². The third-order valence-corrected chi connectivity index (χ3v) is 6.88. The minimum atomic E-state index is -0.614. The van der Waals surface area contributed by atoms with Crippen LogP contribution in [0, 0.1) is 17.3 Å². The van der Waals surface area contributed by atoms with Gasteiger partial charge in [0.1, 0.15) is 0 Å². The van der Waals surface area contributed by atoms with Gasteiger partial charge in [-0.05, 0) is 50.5 Å². The lowest BCUT2D eigenvalue weighted by Crippen LogP contribution is -2.66. The number of carbonyl (C=O) groups excluding carboxylic acids is 1. The van der Waals surface area contributed by atoms with Crippen LogP contribution in [0.3, 0.4) is 0 Å². The molecule has 5 nitrogen and oxygen atoms in total. The first-order valence-electron chi connectivity index (χ1n) is 9.75. The molecule has 1 aromatic heterocycles. The molecule has 3 fully saturated rings. The highest BCUT2D eigenvalue weighted by Crippen LogP contribution is 2.54. The van der Waals surface area contributed by atoms with Crippen LogP contribution < -0.4 is 0 Å². The third kappa shape index (κ3) is 2.48. The van der Waals surface area contributed by atoms with E-state index in [4.69, 9.17) is 0 Å². The summed E-state index contributed by atoms with van der Waals surface area (Å²) in [5, 5.41) is 15.4. The van der Waals surface area contributed by atoms with E-state index in [1.807, 2.05) is 29.7 Å². The molecule has 3 aliphatic rings. The molecule has 0 unspecified atom stereocenters. The van der Waals surface area contributed by atoms with Gasteiger partial charge in [-0.1, -0.05) is 18.2 Å². The minimum absolute atomic E-state index is 0.0562. The first-order chi connectivity index (χ1) is 12.3. The second kappa shape index (κ2) is 5.32. The van der Waals surface area contributed by atoms with Crippen LogP contribution in [0.2, 0.25) is 0 Å². The summed E-state index contributed by atoms with van der Waals surface area (Å²) in [6.07, 6.45) is 6.77. The molecule has 26 heavy (non-hydrogen) atoms. The zero-order valence-corrected chi connectivity index (χ0v) is 15.6. The van der Waals surface area contributed by atoms with E-state index in [1.165, 1.54) is 29.3 Å². The Balaban J connectivity index is 1.16. The molecule has 0 radical (unpaired) electrons. The normalized spacial score (nSPS) is 30.1. The predicted octanol–water partition coefficient (Wildman–Crippen LogP) is 2.52. The van der Waals surface area contributed by atoms with Crippen LogP contribution in [0.4, 0.5) is 0 Å². The number of para-hydroxylation sites is 1. The molecule has 1 amide bonds. The first kappa shape index (κ1) is 16.3. The Kier molecular flexibility index (Phi) is 3.34. The Morgan fingerprint density at radius 2 is 2.00 bits per heavy atom. The fourth-order valence-corrected chi connectivity index (χ4v) is 5.71. The van der Waals surface area contributed by atoms with E-state index in [0.29, 0.717) is 18.3 Å². The maximum Gasteiger partial charge on any atom is 0.225 e. The van der Waals surface area contributed by atoms with Crippen LogP contribution >= 0.6 is 0 Å². The Morgan fingerprint density at radius 3 is 2.69 bits per heavy atom. The number of amides is 1. The second-order valence-electron chi connectivity index (χ2n) is 9.40. The van der Waals surface area contributed by atoms with Gasteiger partial charge < -0.3 is 10.0 Å². The smallest absolute Gasteiger partial charge is 0.225 e. The van der Waals surface area contributed by atoms with E-state index >= 15 is 0 Å². The molecule has 2 aromatic rings. The zero-order valence-electron chi connectivity index (χ0n) is 15.6. The van der Waals surface area contributed by atoms with Crippen molar-refractivity contribution in [2.24, 2.45) is 24.3 Å². The number of nitrogens with zero attached hydrogens (tertiary/aromatic N) is 3. The van der Waals surface area contributed by atoms with Crippen molar-refractivity contribution in [1.82, 2.24) is 14.7 Å². The van der Waals surface area contributed by atoms with Gasteiger partial charge in [-0.15, -0.1) is 0 Å². The number of benzene rings is 1. The van der Waals surface area contributed by atoms with E-state index < -0.39 is 5.60 Å². The van der Waals surface area contributed by atoms with Crippen LogP contribution in [0.15, 0.2) is 24.4 Å². The molecule has 0 bridgehead atoms. The Hall–Kier alpha value is -1.88. The van der Waals surface area contributed by atoms with E-state index in [-0.39, 0.29) is 11.8 Å².